The van der Waals surface area contributed by atoms with Crippen LogP contribution in [0.5, 0.6) is 0 Å². The number of fused-ring (bicyclic) bond motifs is 2. The molecule has 2 aliphatic rings. The molecule has 0 aromatic heterocycles. The largest absolute Gasteiger partial charge is 0.416 e. The van der Waals surface area contributed by atoms with Gasteiger partial charge in [0.1, 0.15) is 6.10 Å². The van der Waals surface area contributed by atoms with Crippen molar-refractivity contribution in [3.63, 3.8) is 0 Å². The molecule has 5 atom stereocenters. The average Bonchev–Trinajstić information content (AvgIpc) is 3.15. The number of alkyl halides is 3. The number of halogens is 3. The number of anilines is 1. The third kappa shape index (κ3) is 4.56. The van der Waals surface area contributed by atoms with Gasteiger partial charge in [-0.3, -0.25) is 0 Å². The Hall–Kier alpha value is -2.27. The Morgan fingerprint density at radius 1 is 1.13 bits per heavy atom. The second-order valence-corrected chi connectivity index (χ2v) is 8.22. The zero-order valence-electron chi connectivity index (χ0n) is 15.5. The van der Waals surface area contributed by atoms with Gasteiger partial charge in [0.25, 0.3) is 0 Å². The molecule has 2 fully saturated rings. The van der Waals surface area contributed by atoms with Crippen LogP contribution in [0.2, 0.25) is 0 Å². The monoisotopic (exact) mass is 440 g/mol. The Morgan fingerprint density at radius 3 is 2.63 bits per heavy atom. The molecule has 2 amide bonds. The SMILES string of the molecule is O=C(Nc1cccc(C(F)(F)F)c1)N[C@H]1[C@H](O)[C@H](Sc2ccccc2)[C@@H]2OC[C@@H]1O2. The molecule has 2 aromatic carbocycles. The van der Waals surface area contributed by atoms with Gasteiger partial charge in [-0.25, -0.2) is 4.79 Å². The second-order valence-electron chi connectivity index (χ2n) is 6.97. The summed E-state index contributed by atoms with van der Waals surface area (Å²) in [6.45, 7) is 0.197. The van der Waals surface area contributed by atoms with Gasteiger partial charge in [0.2, 0.25) is 0 Å². The van der Waals surface area contributed by atoms with Crippen LogP contribution in [0, 0.1) is 0 Å². The molecule has 6 nitrogen and oxygen atoms in total. The molecule has 2 heterocycles. The number of nitrogens with one attached hydrogen (secondary N) is 2. The molecule has 0 spiro atoms. The van der Waals surface area contributed by atoms with Crippen molar-refractivity contribution in [2.24, 2.45) is 0 Å². The van der Waals surface area contributed by atoms with E-state index in [9.17, 15) is 23.1 Å². The molecule has 0 saturated carbocycles. The van der Waals surface area contributed by atoms with Gasteiger partial charge in [0.15, 0.2) is 6.29 Å². The van der Waals surface area contributed by atoms with Gasteiger partial charge in [-0.15, -0.1) is 11.8 Å². The molecular formula is C20H19F3N2O4S. The summed E-state index contributed by atoms with van der Waals surface area (Å²) in [5.74, 6) is 0. The third-order valence-corrected chi connectivity index (χ3v) is 6.19. The normalized spacial score (nSPS) is 28.2. The summed E-state index contributed by atoms with van der Waals surface area (Å²) in [5.41, 5.74) is -0.878. The number of hydrogen-bond donors (Lipinski definition) is 3. The van der Waals surface area contributed by atoms with E-state index in [-0.39, 0.29) is 12.3 Å². The minimum Gasteiger partial charge on any atom is -0.389 e. The van der Waals surface area contributed by atoms with Gasteiger partial charge >= 0.3 is 12.2 Å². The van der Waals surface area contributed by atoms with Crippen LogP contribution in [0.3, 0.4) is 0 Å². The van der Waals surface area contributed by atoms with E-state index in [1.807, 2.05) is 30.3 Å². The van der Waals surface area contributed by atoms with Gasteiger partial charge in [0, 0.05) is 10.6 Å². The quantitative estimate of drug-likeness (QED) is 0.679. The maximum atomic E-state index is 12.9. The first kappa shape index (κ1) is 21.0. The summed E-state index contributed by atoms with van der Waals surface area (Å²) in [7, 11) is 0. The van der Waals surface area contributed by atoms with Crippen LogP contribution >= 0.6 is 11.8 Å². The Morgan fingerprint density at radius 2 is 1.90 bits per heavy atom. The van der Waals surface area contributed by atoms with Crippen LogP contribution in [-0.4, -0.2) is 47.5 Å². The predicted molar refractivity (Wildman–Crippen MR) is 104 cm³/mol. The molecule has 160 valence electrons. The van der Waals surface area contributed by atoms with Gasteiger partial charge in [-0.2, -0.15) is 13.2 Å². The number of rotatable bonds is 4. The molecule has 2 bridgehead atoms. The molecule has 4 rings (SSSR count). The van der Waals surface area contributed by atoms with Crippen molar-refractivity contribution < 1.29 is 32.5 Å². The number of thioether (sulfide) groups is 1. The maximum Gasteiger partial charge on any atom is 0.416 e. The zero-order valence-corrected chi connectivity index (χ0v) is 16.3. The second kappa shape index (κ2) is 8.46. The molecule has 30 heavy (non-hydrogen) atoms. The van der Waals surface area contributed by atoms with Crippen molar-refractivity contribution >= 4 is 23.5 Å². The predicted octanol–water partition coefficient (Wildman–Crippen LogP) is 3.47. The van der Waals surface area contributed by atoms with Crippen molar-refractivity contribution in [2.45, 2.75) is 40.9 Å². The van der Waals surface area contributed by atoms with Crippen molar-refractivity contribution in [3.05, 3.63) is 60.2 Å². The molecule has 10 heteroatoms. The van der Waals surface area contributed by atoms with Crippen LogP contribution in [0.4, 0.5) is 23.7 Å². The topological polar surface area (TPSA) is 79.8 Å². The number of aliphatic hydroxyl groups is 1. The Labute approximate surface area is 174 Å². The lowest BCUT2D eigenvalue weighted by atomic mass is 10.00. The fraction of sp³-hybridized carbons (Fsp3) is 0.350. The Balaban J connectivity index is 1.44. The number of aliphatic hydroxyl groups excluding tert-OH is 1. The zero-order chi connectivity index (χ0) is 21.3. The Bertz CT molecular complexity index is 899. The number of urea groups is 1. The van der Waals surface area contributed by atoms with Crippen LogP contribution in [-0.2, 0) is 15.7 Å². The van der Waals surface area contributed by atoms with Gasteiger partial charge in [0.05, 0.1) is 29.6 Å². The van der Waals surface area contributed by atoms with Crippen molar-refractivity contribution in [1.29, 1.82) is 0 Å². The van der Waals surface area contributed by atoms with Crippen molar-refractivity contribution in [1.82, 2.24) is 5.32 Å². The van der Waals surface area contributed by atoms with E-state index in [0.717, 1.165) is 17.0 Å². The lowest BCUT2D eigenvalue weighted by Gasteiger charge is -2.38. The fourth-order valence-corrected chi connectivity index (χ4v) is 4.63. The molecule has 2 aliphatic heterocycles. The van der Waals surface area contributed by atoms with Crippen LogP contribution in [0.25, 0.3) is 0 Å². The fourth-order valence-electron chi connectivity index (χ4n) is 3.44. The highest BCUT2D eigenvalue weighted by atomic mass is 32.2. The van der Waals surface area contributed by atoms with Crippen LogP contribution < -0.4 is 10.6 Å². The molecule has 0 aliphatic carbocycles. The number of carbonyl (C=O) groups is 1. The van der Waals surface area contributed by atoms with Gasteiger partial charge in [-0.1, -0.05) is 24.3 Å². The summed E-state index contributed by atoms with van der Waals surface area (Å²) in [5, 5.41) is 15.4. The lowest BCUT2D eigenvalue weighted by Crippen LogP contribution is -2.60. The molecule has 0 unspecified atom stereocenters. The molecular weight excluding hydrogens is 421 g/mol. The number of carbonyl (C=O) groups excluding carboxylic acids is 1. The first-order valence-electron chi connectivity index (χ1n) is 9.23. The summed E-state index contributed by atoms with van der Waals surface area (Å²) >= 11 is 1.37. The van der Waals surface area contributed by atoms with Gasteiger partial charge in [-0.05, 0) is 30.3 Å². The maximum absolute atomic E-state index is 12.9. The number of amides is 2. The van der Waals surface area contributed by atoms with Crippen molar-refractivity contribution in [2.75, 3.05) is 11.9 Å². The van der Waals surface area contributed by atoms with Crippen LogP contribution in [0.1, 0.15) is 5.56 Å². The van der Waals surface area contributed by atoms with E-state index in [0.29, 0.717) is 0 Å². The van der Waals surface area contributed by atoms with Gasteiger partial charge < -0.3 is 25.2 Å². The van der Waals surface area contributed by atoms with E-state index in [1.165, 1.54) is 23.9 Å². The number of benzene rings is 2. The summed E-state index contributed by atoms with van der Waals surface area (Å²) in [4.78, 5) is 13.3. The van der Waals surface area contributed by atoms with E-state index >= 15 is 0 Å². The number of ether oxygens (including phenoxy) is 2. The summed E-state index contributed by atoms with van der Waals surface area (Å²) in [6, 6.07) is 12.2. The molecule has 0 radical (unpaired) electrons. The Kier molecular flexibility index (Phi) is 5.92. The molecule has 2 saturated heterocycles. The van der Waals surface area contributed by atoms with E-state index in [1.54, 1.807) is 0 Å². The lowest BCUT2D eigenvalue weighted by molar-refractivity contribution is -0.137. The smallest absolute Gasteiger partial charge is 0.389 e. The number of hydrogen-bond acceptors (Lipinski definition) is 5. The molecule has 2 aromatic rings. The average molecular weight is 440 g/mol. The first-order chi connectivity index (χ1) is 14.3. The third-order valence-electron chi connectivity index (χ3n) is 4.87. The van der Waals surface area contributed by atoms with E-state index < -0.39 is 47.6 Å². The molecule has 3 N–H and O–H groups in total. The first-order valence-corrected chi connectivity index (χ1v) is 10.1. The highest BCUT2D eigenvalue weighted by Gasteiger charge is 2.51. The standard InChI is InChI=1S/C20H19F3N2O4S/c21-20(22,23)11-5-4-6-12(9-11)24-19(27)25-15-14-10-28-18(29-14)17(16(15)26)30-13-7-2-1-3-8-13/h1-9,14-18,26H,10H2,(H2,24,25,27)/t14-,15+,16-,17-,18+/m0/s1. The van der Waals surface area contributed by atoms with Crippen LogP contribution in [0.15, 0.2) is 59.5 Å². The van der Waals surface area contributed by atoms with E-state index in [4.69, 9.17) is 9.47 Å². The minimum absolute atomic E-state index is 0.00991. The highest BCUT2D eigenvalue weighted by molar-refractivity contribution is 8.00. The van der Waals surface area contributed by atoms with Crippen molar-refractivity contribution in [3.8, 4) is 0 Å². The summed E-state index contributed by atoms with van der Waals surface area (Å²) < 4.78 is 50.0. The van der Waals surface area contributed by atoms with E-state index in [2.05, 4.69) is 10.6 Å². The summed E-state index contributed by atoms with van der Waals surface area (Å²) in [6.07, 6.45) is -6.65. The highest BCUT2D eigenvalue weighted by Crippen LogP contribution is 2.38. The minimum atomic E-state index is -4.51.